The molecule has 0 saturated carbocycles. The van der Waals surface area contributed by atoms with Gasteiger partial charge in [0.05, 0.1) is 18.8 Å². The molecule has 2 unspecified atom stereocenters. The number of methoxy groups -OCH3 is 1. The Hall–Kier alpha value is -0.710. The van der Waals surface area contributed by atoms with Crippen LogP contribution in [-0.4, -0.2) is 35.5 Å². The zero-order chi connectivity index (χ0) is 14.1. The largest absolute Gasteiger partial charge is 0.469 e. The van der Waals surface area contributed by atoms with E-state index in [0.717, 1.165) is 12.8 Å². The van der Waals surface area contributed by atoms with Crippen molar-refractivity contribution in [2.75, 3.05) is 7.11 Å². The molecule has 1 amide bonds. The smallest absolute Gasteiger partial charge is 0.306 e. The molecular formula is C13H25NO3S. The van der Waals surface area contributed by atoms with Crippen molar-refractivity contribution in [2.24, 2.45) is 0 Å². The predicted octanol–water partition coefficient (Wildman–Crippen LogP) is 2.36. The SMILES string of the molecule is CCC(CC)NC(=O)C(C)SC(C)CC(=O)OC. The van der Waals surface area contributed by atoms with E-state index in [1.165, 1.54) is 18.9 Å². The Labute approximate surface area is 114 Å². The first-order valence-corrected chi connectivity index (χ1v) is 7.41. The van der Waals surface area contributed by atoms with Gasteiger partial charge < -0.3 is 10.1 Å². The van der Waals surface area contributed by atoms with Gasteiger partial charge in [-0.15, -0.1) is 11.8 Å². The second-order valence-corrected chi connectivity index (χ2v) is 6.18. The van der Waals surface area contributed by atoms with Crippen molar-refractivity contribution in [3.05, 3.63) is 0 Å². The van der Waals surface area contributed by atoms with Gasteiger partial charge in [0.2, 0.25) is 5.91 Å². The maximum absolute atomic E-state index is 11.9. The summed E-state index contributed by atoms with van der Waals surface area (Å²) in [5.41, 5.74) is 0. The van der Waals surface area contributed by atoms with E-state index < -0.39 is 0 Å². The molecule has 0 fully saturated rings. The van der Waals surface area contributed by atoms with Crippen molar-refractivity contribution < 1.29 is 14.3 Å². The molecule has 0 aliphatic heterocycles. The normalized spacial score (nSPS) is 14.1. The highest BCUT2D eigenvalue weighted by Crippen LogP contribution is 2.20. The van der Waals surface area contributed by atoms with E-state index >= 15 is 0 Å². The van der Waals surface area contributed by atoms with Crippen LogP contribution in [0.15, 0.2) is 0 Å². The lowest BCUT2D eigenvalue weighted by molar-refractivity contribution is -0.140. The van der Waals surface area contributed by atoms with Crippen molar-refractivity contribution in [3.8, 4) is 0 Å². The van der Waals surface area contributed by atoms with Gasteiger partial charge >= 0.3 is 5.97 Å². The molecule has 0 radical (unpaired) electrons. The second kappa shape index (κ2) is 9.25. The maximum atomic E-state index is 11.9. The Bertz CT molecular complexity index is 267. The summed E-state index contributed by atoms with van der Waals surface area (Å²) in [6, 6.07) is 0.247. The van der Waals surface area contributed by atoms with Crippen LogP contribution in [0.5, 0.6) is 0 Å². The number of carbonyl (C=O) groups is 2. The number of hydrogen-bond acceptors (Lipinski definition) is 4. The molecular weight excluding hydrogens is 250 g/mol. The maximum Gasteiger partial charge on any atom is 0.306 e. The van der Waals surface area contributed by atoms with Crippen LogP contribution < -0.4 is 5.32 Å². The molecule has 18 heavy (non-hydrogen) atoms. The highest BCUT2D eigenvalue weighted by molar-refractivity contribution is 8.01. The minimum Gasteiger partial charge on any atom is -0.469 e. The second-order valence-electron chi connectivity index (χ2n) is 4.39. The molecule has 0 aromatic heterocycles. The molecule has 4 nitrogen and oxygen atoms in total. The first kappa shape index (κ1) is 17.3. The first-order valence-electron chi connectivity index (χ1n) is 6.47. The van der Waals surface area contributed by atoms with Gasteiger partial charge in [-0.2, -0.15) is 0 Å². The van der Waals surface area contributed by atoms with Crippen molar-refractivity contribution in [3.63, 3.8) is 0 Å². The van der Waals surface area contributed by atoms with Crippen LogP contribution in [0.4, 0.5) is 0 Å². The van der Waals surface area contributed by atoms with Crippen LogP contribution in [0.2, 0.25) is 0 Å². The average Bonchev–Trinajstić information content (AvgIpc) is 2.34. The summed E-state index contributed by atoms with van der Waals surface area (Å²) in [6.45, 7) is 7.93. The van der Waals surface area contributed by atoms with Crippen LogP contribution in [0, 0.1) is 0 Å². The van der Waals surface area contributed by atoms with E-state index in [1.54, 1.807) is 0 Å². The Kier molecular flexibility index (Phi) is 8.89. The van der Waals surface area contributed by atoms with E-state index in [0.29, 0.717) is 6.42 Å². The number of nitrogens with one attached hydrogen (secondary N) is 1. The van der Waals surface area contributed by atoms with E-state index in [4.69, 9.17) is 0 Å². The standard InChI is InChI=1S/C13H25NO3S/c1-6-11(7-2)14-13(16)10(4)18-9(3)8-12(15)17-5/h9-11H,6-8H2,1-5H3,(H,14,16). The van der Waals surface area contributed by atoms with Crippen molar-refractivity contribution in [2.45, 2.75) is 63.5 Å². The van der Waals surface area contributed by atoms with Gasteiger partial charge in [-0.05, 0) is 19.8 Å². The summed E-state index contributed by atoms with van der Waals surface area (Å²) in [5, 5.41) is 2.95. The third kappa shape index (κ3) is 6.89. The van der Waals surface area contributed by atoms with Gasteiger partial charge in [-0.25, -0.2) is 0 Å². The third-order valence-electron chi connectivity index (χ3n) is 2.82. The van der Waals surface area contributed by atoms with E-state index in [9.17, 15) is 9.59 Å². The summed E-state index contributed by atoms with van der Waals surface area (Å²) >= 11 is 1.50. The molecule has 0 saturated heterocycles. The number of ether oxygens (including phenoxy) is 1. The minimum atomic E-state index is -0.234. The zero-order valence-corrected chi connectivity index (χ0v) is 12.8. The molecule has 1 N–H and O–H groups in total. The summed E-state index contributed by atoms with van der Waals surface area (Å²) in [5.74, 6) is -0.187. The van der Waals surface area contributed by atoms with Crippen LogP contribution in [0.1, 0.15) is 47.0 Å². The molecule has 2 atom stereocenters. The molecule has 0 aromatic carbocycles. The zero-order valence-electron chi connectivity index (χ0n) is 12.0. The summed E-state index contributed by atoms with van der Waals surface area (Å²) in [7, 11) is 1.38. The summed E-state index contributed by atoms with van der Waals surface area (Å²) in [6.07, 6.45) is 2.22. The molecule has 0 bridgehead atoms. The highest BCUT2D eigenvalue weighted by atomic mass is 32.2. The molecule has 0 aliphatic carbocycles. The topological polar surface area (TPSA) is 55.4 Å². The lowest BCUT2D eigenvalue weighted by Gasteiger charge is -2.20. The van der Waals surface area contributed by atoms with Crippen molar-refractivity contribution in [1.82, 2.24) is 5.32 Å². The summed E-state index contributed by atoms with van der Waals surface area (Å²) < 4.78 is 4.61. The van der Waals surface area contributed by atoms with Crippen molar-refractivity contribution >= 4 is 23.6 Å². The monoisotopic (exact) mass is 275 g/mol. The number of hydrogen-bond donors (Lipinski definition) is 1. The molecule has 106 valence electrons. The van der Waals surface area contributed by atoms with Crippen molar-refractivity contribution in [1.29, 1.82) is 0 Å². The van der Waals surface area contributed by atoms with Gasteiger partial charge in [0.1, 0.15) is 0 Å². The Balaban J connectivity index is 4.10. The Morgan fingerprint density at radius 3 is 2.22 bits per heavy atom. The predicted molar refractivity (Wildman–Crippen MR) is 75.7 cm³/mol. The van der Waals surface area contributed by atoms with E-state index in [-0.39, 0.29) is 28.4 Å². The van der Waals surface area contributed by atoms with Gasteiger partial charge in [-0.1, -0.05) is 20.8 Å². The third-order valence-corrected chi connectivity index (χ3v) is 4.07. The molecule has 5 heteroatoms. The number of thioether (sulfide) groups is 1. The number of carbonyl (C=O) groups excluding carboxylic acids is 2. The number of esters is 1. The lowest BCUT2D eigenvalue weighted by atomic mass is 10.2. The average molecular weight is 275 g/mol. The van der Waals surface area contributed by atoms with Crippen LogP contribution in [-0.2, 0) is 14.3 Å². The summed E-state index contributed by atoms with van der Waals surface area (Å²) in [4.78, 5) is 23.0. The Morgan fingerprint density at radius 1 is 1.22 bits per heavy atom. The van der Waals surface area contributed by atoms with Crippen LogP contribution in [0.25, 0.3) is 0 Å². The van der Waals surface area contributed by atoms with Crippen LogP contribution in [0.3, 0.4) is 0 Å². The first-order chi connectivity index (χ1) is 8.44. The van der Waals surface area contributed by atoms with E-state index in [1.807, 2.05) is 13.8 Å². The van der Waals surface area contributed by atoms with Gasteiger partial charge in [0.15, 0.2) is 0 Å². The number of amides is 1. The number of rotatable bonds is 8. The van der Waals surface area contributed by atoms with Gasteiger partial charge in [0.25, 0.3) is 0 Å². The molecule has 0 rings (SSSR count). The quantitative estimate of drug-likeness (QED) is 0.691. The molecule has 0 spiro atoms. The van der Waals surface area contributed by atoms with E-state index in [2.05, 4.69) is 23.9 Å². The molecule has 0 aliphatic rings. The minimum absolute atomic E-state index is 0.0467. The Morgan fingerprint density at radius 2 is 1.78 bits per heavy atom. The van der Waals surface area contributed by atoms with Crippen LogP contribution >= 0.6 is 11.8 Å². The van der Waals surface area contributed by atoms with Gasteiger partial charge in [0, 0.05) is 11.3 Å². The fraction of sp³-hybridized carbons (Fsp3) is 0.846. The van der Waals surface area contributed by atoms with Gasteiger partial charge in [-0.3, -0.25) is 9.59 Å². The fourth-order valence-electron chi connectivity index (χ4n) is 1.59. The molecule has 0 heterocycles. The highest BCUT2D eigenvalue weighted by Gasteiger charge is 2.20. The lowest BCUT2D eigenvalue weighted by Crippen LogP contribution is -2.39. The molecule has 0 aromatic rings. The fourth-order valence-corrected chi connectivity index (χ4v) is 2.71.